The van der Waals surface area contributed by atoms with Gasteiger partial charge in [-0.2, -0.15) is 0 Å². The predicted octanol–water partition coefficient (Wildman–Crippen LogP) is 5.07. The Morgan fingerprint density at radius 3 is 1.35 bits per heavy atom. The molecule has 0 radical (unpaired) electrons. The number of likely N-dealkylation sites (N-methyl/N-ethyl adjacent to an activating group) is 8. The van der Waals surface area contributed by atoms with Gasteiger partial charge in [0.2, 0.25) is 65.0 Å². The van der Waals surface area contributed by atoms with E-state index in [2.05, 4.69) is 21.3 Å². The van der Waals surface area contributed by atoms with Crippen molar-refractivity contribution in [1.29, 1.82) is 0 Å². The summed E-state index contributed by atoms with van der Waals surface area (Å²) in [5, 5.41) is 20.6. The summed E-state index contributed by atoms with van der Waals surface area (Å²) in [5.74, 6) is -10.6. The van der Waals surface area contributed by atoms with E-state index in [1.807, 2.05) is 47.6 Å². The van der Waals surface area contributed by atoms with Crippen molar-refractivity contribution in [3.63, 3.8) is 0 Å². The first-order valence-electron chi connectivity index (χ1n) is 35.9. The molecule has 0 aromatic carbocycles. The van der Waals surface area contributed by atoms with Crippen molar-refractivity contribution >= 4 is 77.0 Å². The highest BCUT2D eigenvalue weighted by molar-refractivity contribution is 5.99. The first-order valence-corrected chi connectivity index (χ1v) is 35.9. The van der Waals surface area contributed by atoms with Crippen LogP contribution in [0.5, 0.6) is 0 Å². The number of rotatable bonds is 40. The molecule has 101 heavy (non-hydrogen) atoms. The van der Waals surface area contributed by atoms with Crippen LogP contribution in [-0.2, 0) is 67.0 Å². The third-order valence-electron chi connectivity index (χ3n) is 18.0. The number of allylic oxidation sites excluding steroid dienone is 2. The molecule has 0 aliphatic carbocycles. The van der Waals surface area contributed by atoms with Gasteiger partial charge in [-0.05, 0) is 129 Å². The van der Waals surface area contributed by atoms with Gasteiger partial charge in [-0.1, -0.05) is 109 Å². The highest BCUT2D eigenvalue weighted by Crippen LogP contribution is 2.27. The Morgan fingerprint density at radius 1 is 0.475 bits per heavy atom. The molecule has 0 aromatic heterocycles. The van der Waals surface area contributed by atoms with Gasteiger partial charge in [0, 0.05) is 69.3 Å². The van der Waals surface area contributed by atoms with Crippen molar-refractivity contribution in [3.05, 3.63) is 12.2 Å². The number of carbonyl (C=O) groups excluding carboxylic acids is 13. The minimum absolute atomic E-state index is 0.0104. The van der Waals surface area contributed by atoms with Gasteiger partial charge in [0.05, 0.1) is 6.61 Å². The van der Waals surface area contributed by atoms with Crippen molar-refractivity contribution in [2.75, 3.05) is 69.0 Å². The van der Waals surface area contributed by atoms with Gasteiger partial charge in [-0.3, -0.25) is 62.4 Å². The Morgan fingerprint density at radius 2 is 0.921 bits per heavy atom. The lowest BCUT2D eigenvalue weighted by molar-refractivity contribution is -0.164. The molecule has 0 saturated heterocycles. The van der Waals surface area contributed by atoms with E-state index >= 15 is 14.4 Å². The number of nitrogens with zero attached hydrogens (tertiary/aromatic N) is 8. The lowest BCUT2D eigenvalue weighted by Crippen LogP contribution is -2.64. The fourth-order valence-corrected chi connectivity index (χ4v) is 12.0. The number of hydrogen-bond acceptors (Lipinski definition) is 16. The topological polar surface area (TPSA) is 335 Å². The number of esters is 1. The van der Waals surface area contributed by atoms with Crippen LogP contribution < -0.4 is 21.3 Å². The minimum Gasteiger partial charge on any atom is -0.459 e. The molecule has 0 unspecified atom stereocenters. The highest BCUT2D eigenvalue weighted by atomic mass is 16.6. The molecule has 0 bridgehead atoms. The van der Waals surface area contributed by atoms with E-state index in [-0.39, 0.29) is 63.1 Å². The second-order valence-corrected chi connectivity index (χ2v) is 30.4. The molecule has 0 heterocycles. The highest BCUT2D eigenvalue weighted by Gasteiger charge is 2.47. The maximum atomic E-state index is 15.3. The summed E-state index contributed by atoms with van der Waals surface area (Å²) in [7, 11) is 9.99. The van der Waals surface area contributed by atoms with Crippen LogP contribution in [0.3, 0.4) is 0 Å². The number of carbonyl (C=O) groups is 13. The number of ether oxygens (including phenoxy) is 2. The minimum atomic E-state index is -1.53. The molecular weight excluding hydrogens is 1300 g/mol. The maximum Gasteiger partial charge on any atom is 0.410 e. The number of nitrogens with one attached hydrogen (secondary N) is 4. The van der Waals surface area contributed by atoms with Crippen molar-refractivity contribution < 1.29 is 76.9 Å². The zero-order valence-corrected chi connectivity index (χ0v) is 66.9. The van der Waals surface area contributed by atoms with Gasteiger partial charge in [0.15, 0.2) is 0 Å². The van der Waals surface area contributed by atoms with Crippen LogP contribution >= 0.6 is 0 Å². The summed E-state index contributed by atoms with van der Waals surface area (Å²) in [6.07, 6.45) is 2.46. The lowest BCUT2D eigenvalue weighted by Gasteiger charge is -2.42. The van der Waals surface area contributed by atoms with Crippen molar-refractivity contribution in [1.82, 2.24) is 60.5 Å². The summed E-state index contributed by atoms with van der Waals surface area (Å²) in [6, 6.07) is -13.3. The molecule has 0 aliphatic heterocycles. The Balaban J connectivity index is 7.16. The number of hydrogen-bond donors (Lipinski definition) is 5. The van der Waals surface area contributed by atoms with E-state index in [0.717, 1.165) is 9.80 Å². The molecule has 5 N–H and O–H groups in total. The van der Waals surface area contributed by atoms with E-state index < -0.39 is 179 Å². The molecule has 0 aliphatic rings. The maximum absolute atomic E-state index is 15.3. The molecule has 580 valence electrons. The SMILES string of the molecule is C/C=C/C[C@@H](C)[C@@H](OC(C)=O)[C@@H](C(=O)N[C@@H](CC)C(=O)N(C)CCO)N(C)C(=O)[C@H](C(C)C)N(C)C(=O)[C@H](CC(C)C)N(C)C(=O)[C@H](CC(C)C)N(C)C(=O)[C@@H](C)NC(=O)[C@H](C)NC(=O)[C@H](CC(C)C)N(C)C(=O)[C@@H](NC(=O)[C@H](C(C)C)N(CC)C(=O)[C@@H](C)N(C)C(=O)OC(C)(C)C)C(C)C. The van der Waals surface area contributed by atoms with Crippen LogP contribution in [0.4, 0.5) is 4.79 Å². The zero-order valence-electron chi connectivity index (χ0n) is 66.9. The standard InChI is InChI=1S/C73H132N12O16/c1-31-34-35-47(16)60(100-51(20)87)59(64(91)76-52(32-2)67(94)78(24)36-37-86)84(30)71(98)58(46(14)15)83(29)69(96)55(40-43(8)9)82(28)68(95)54(39-42(6)7)81(27)65(92)49(18)75-61(88)48(17)74-62(89)53(38-41(4)5)80(26)70(97)56(44(10)11)77-63(90)57(45(12)13)85(33-3)66(93)50(19)79(25)72(99)101-73(21,22)23/h31,34,41-50,52-60,86H,32-33,35-40H2,1-30H3,(H,74,89)(H,75,88)(H,76,91)(H,77,90)/b34-31+/t47-,48+,49-,50-,52+,53+,54+,55+,56+,57+,58+,59+,60-/m1/s1. The van der Waals surface area contributed by atoms with Crippen LogP contribution in [0.15, 0.2) is 12.2 Å². The molecule has 28 heteroatoms. The molecule has 0 fully saturated rings. The number of aliphatic hydroxyl groups is 1. The third kappa shape index (κ3) is 28.1. The van der Waals surface area contributed by atoms with Gasteiger partial charge < -0.3 is 70.1 Å². The van der Waals surface area contributed by atoms with Gasteiger partial charge in [-0.15, -0.1) is 0 Å². The normalized spacial score (nSPS) is 15.7. The van der Waals surface area contributed by atoms with E-state index in [0.29, 0.717) is 6.42 Å². The van der Waals surface area contributed by atoms with Crippen molar-refractivity contribution in [3.8, 4) is 0 Å². The van der Waals surface area contributed by atoms with Gasteiger partial charge in [-0.25, -0.2) is 4.79 Å². The van der Waals surface area contributed by atoms with E-state index in [9.17, 15) is 53.1 Å². The van der Waals surface area contributed by atoms with Gasteiger partial charge >= 0.3 is 12.1 Å². The lowest BCUT2D eigenvalue weighted by atomic mass is 9.91. The monoisotopic (exact) mass is 1430 g/mol. The Kier molecular flexibility index (Phi) is 39.8. The van der Waals surface area contributed by atoms with Crippen LogP contribution in [0.1, 0.15) is 191 Å². The summed E-state index contributed by atoms with van der Waals surface area (Å²) < 4.78 is 11.4. The summed E-state index contributed by atoms with van der Waals surface area (Å²) >= 11 is 0. The first-order chi connectivity index (χ1) is 46.5. The van der Waals surface area contributed by atoms with Crippen LogP contribution in [-0.4, -0.2) is 269 Å². The fourth-order valence-electron chi connectivity index (χ4n) is 12.0. The van der Waals surface area contributed by atoms with Crippen molar-refractivity contribution in [2.24, 2.45) is 41.4 Å². The quantitative estimate of drug-likeness (QED) is 0.0395. The molecule has 28 nitrogen and oxygen atoms in total. The van der Waals surface area contributed by atoms with E-state index in [1.165, 1.54) is 106 Å². The molecule has 0 aromatic rings. The smallest absolute Gasteiger partial charge is 0.410 e. The molecule has 0 rings (SSSR count). The predicted molar refractivity (Wildman–Crippen MR) is 389 cm³/mol. The molecule has 0 spiro atoms. The second-order valence-electron chi connectivity index (χ2n) is 30.4. The first kappa shape index (κ1) is 93.6. The third-order valence-corrected chi connectivity index (χ3v) is 18.0. The molecule has 12 amide bonds. The average molecular weight is 1430 g/mol. The zero-order chi connectivity index (χ0) is 78.9. The molecular formula is C73H132N12O16. The van der Waals surface area contributed by atoms with Crippen LogP contribution in [0, 0.1) is 41.4 Å². The molecule has 13 atom stereocenters. The van der Waals surface area contributed by atoms with Gasteiger partial charge in [0.25, 0.3) is 0 Å². The average Bonchev–Trinajstić information content (AvgIpc) is 0.802. The Hall–Kier alpha value is -7.39. The fraction of sp³-hybridized carbons (Fsp3) is 0.795. The largest absolute Gasteiger partial charge is 0.459 e. The van der Waals surface area contributed by atoms with E-state index in [4.69, 9.17) is 9.47 Å². The Labute approximate surface area is 604 Å². The van der Waals surface area contributed by atoms with E-state index in [1.54, 1.807) is 96.1 Å². The van der Waals surface area contributed by atoms with Crippen LogP contribution in [0.25, 0.3) is 0 Å². The summed E-state index contributed by atoms with van der Waals surface area (Å²) in [4.78, 5) is 196. The van der Waals surface area contributed by atoms with Gasteiger partial charge in [0.1, 0.15) is 78.2 Å². The number of amides is 12. The van der Waals surface area contributed by atoms with Crippen molar-refractivity contribution in [2.45, 2.75) is 270 Å². The number of aliphatic hydroxyl groups excluding tert-OH is 1. The van der Waals surface area contributed by atoms with Crippen LogP contribution in [0.2, 0.25) is 0 Å². The second kappa shape index (κ2) is 42.9. The summed E-state index contributed by atoms with van der Waals surface area (Å²) in [5.41, 5.74) is -0.827. The molecule has 0 saturated carbocycles. The Bertz CT molecular complexity index is 2800. The summed E-state index contributed by atoms with van der Waals surface area (Å²) in [6.45, 7) is 38.9.